The number of amides is 1. The minimum atomic E-state index is -0.441. The van der Waals surface area contributed by atoms with E-state index in [1.807, 2.05) is 27.0 Å². The van der Waals surface area contributed by atoms with Crippen molar-refractivity contribution in [2.45, 2.75) is 64.1 Å². The zero-order valence-electron chi connectivity index (χ0n) is 13.1. The van der Waals surface area contributed by atoms with Crippen LogP contribution in [-0.2, 0) is 11.2 Å². The van der Waals surface area contributed by atoms with Crippen molar-refractivity contribution >= 4 is 6.09 Å². The van der Waals surface area contributed by atoms with Crippen molar-refractivity contribution < 1.29 is 9.53 Å². The van der Waals surface area contributed by atoms with Gasteiger partial charge in [-0.05, 0) is 40.0 Å². The van der Waals surface area contributed by atoms with Crippen molar-refractivity contribution in [3.05, 3.63) is 18.2 Å². The minimum Gasteiger partial charge on any atom is -0.444 e. The molecule has 2 unspecified atom stereocenters. The van der Waals surface area contributed by atoms with E-state index in [0.29, 0.717) is 6.04 Å². The van der Waals surface area contributed by atoms with E-state index in [-0.39, 0.29) is 12.1 Å². The molecule has 0 bridgehead atoms. The summed E-state index contributed by atoms with van der Waals surface area (Å²) in [5.41, 5.74) is -0.441. The maximum absolute atomic E-state index is 11.7. The van der Waals surface area contributed by atoms with Crippen LogP contribution in [0.15, 0.2) is 12.4 Å². The molecule has 6 heteroatoms. The Morgan fingerprint density at radius 2 is 2.19 bits per heavy atom. The number of imidazole rings is 1. The Morgan fingerprint density at radius 1 is 1.43 bits per heavy atom. The highest BCUT2D eigenvalue weighted by molar-refractivity contribution is 5.68. The third kappa shape index (κ3) is 5.75. The number of alkyl carbamates (subject to hydrolysis) is 1. The van der Waals surface area contributed by atoms with Gasteiger partial charge in [0.15, 0.2) is 0 Å². The first-order chi connectivity index (χ1) is 9.92. The van der Waals surface area contributed by atoms with Gasteiger partial charge in [0, 0.05) is 37.4 Å². The summed E-state index contributed by atoms with van der Waals surface area (Å²) in [7, 11) is 0. The SMILES string of the molecule is CC(C)(C)OC(=O)NC1CCC(NCCc2ncc[nH]2)C1. The van der Waals surface area contributed by atoms with Crippen molar-refractivity contribution in [1.29, 1.82) is 0 Å². The lowest BCUT2D eigenvalue weighted by molar-refractivity contribution is 0.0505. The van der Waals surface area contributed by atoms with E-state index >= 15 is 0 Å². The monoisotopic (exact) mass is 294 g/mol. The van der Waals surface area contributed by atoms with Gasteiger partial charge in [-0.15, -0.1) is 0 Å². The number of ether oxygens (including phenoxy) is 1. The minimum absolute atomic E-state index is 0.209. The van der Waals surface area contributed by atoms with Gasteiger partial charge in [-0.3, -0.25) is 0 Å². The van der Waals surface area contributed by atoms with Crippen LogP contribution in [0, 0.1) is 0 Å². The fraction of sp³-hybridized carbons (Fsp3) is 0.733. The lowest BCUT2D eigenvalue weighted by Gasteiger charge is -2.21. The average molecular weight is 294 g/mol. The molecule has 2 rings (SSSR count). The zero-order chi connectivity index (χ0) is 15.3. The van der Waals surface area contributed by atoms with Crippen LogP contribution in [-0.4, -0.2) is 40.3 Å². The second kappa shape index (κ2) is 6.93. The average Bonchev–Trinajstić information content (AvgIpc) is 2.98. The quantitative estimate of drug-likeness (QED) is 0.776. The van der Waals surface area contributed by atoms with Crippen molar-refractivity contribution in [3.8, 4) is 0 Å². The molecule has 0 radical (unpaired) electrons. The van der Waals surface area contributed by atoms with Crippen LogP contribution in [0.1, 0.15) is 45.9 Å². The van der Waals surface area contributed by atoms with Crippen LogP contribution in [0.5, 0.6) is 0 Å². The van der Waals surface area contributed by atoms with Crippen LogP contribution < -0.4 is 10.6 Å². The maximum Gasteiger partial charge on any atom is 0.407 e. The largest absolute Gasteiger partial charge is 0.444 e. The van der Waals surface area contributed by atoms with Gasteiger partial charge in [0.2, 0.25) is 0 Å². The molecule has 118 valence electrons. The van der Waals surface area contributed by atoms with E-state index in [0.717, 1.165) is 38.1 Å². The summed E-state index contributed by atoms with van der Waals surface area (Å²) in [5.74, 6) is 1.00. The second-order valence-electron chi connectivity index (χ2n) is 6.59. The Balaban J connectivity index is 1.63. The molecule has 1 saturated carbocycles. The van der Waals surface area contributed by atoms with E-state index in [1.54, 1.807) is 6.20 Å². The standard InChI is InChI=1S/C15H26N4O2/c1-15(2,3)21-14(20)19-12-5-4-11(10-12)16-7-6-13-17-8-9-18-13/h8-9,11-12,16H,4-7,10H2,1-3H3,(H,17,18)(H,19,20). The Bertz CT molecular complexity index is 439. The molecule has 1 aliphatic rings. The first-order valence-electron chi connectivity index (χ1n) is 7.63. The van der Waals surface area contributed by atoms with E-state index in [4.69, 9.17) is 4.74 Å². The molecule has 0 spiro atoms. The molecule has 1 aliphatic carbocycles. The highest BCUT2D eigenvalue weighted by Gasteiger charge is 2.27. The van der Waals surface area contributed by atoms with Gasteiger partial charge in [-0.2, -0.15) is 0 Å². The number of carbonyl (C=O) groups excluding carboxylic acids is 1. The van der Waals surface area contributed by atoms with Crippen LogP contribution in [0.3, 0.4) is 0 Å². The molecule has 1 aromatic rings. The van der Waals surface area contributed by atoms with E-state index in [1.165, 1.54) is 0 Å². The van der Waals surface area contributed by atoms with E-state index in [2.05, 4.69) is 20.6 Å². The van der Waals surface area contributed by atoms with E-state index < -0.39 is 5.60 Å². The zero-order valence-corrected chi connectivity index (χ0v) is 13.1. The summed E-state index contributed by atoms with van der Waals surface area (Å²) in [4.78, 5) is 19.0. The highest BCUT2D eigenvalue weighted by Crippen LogP contribution is 2.19. The highest BCUT2D eigenvalue weighted by atomic mass is 16.6. The fourth-order valence-electron chi connectivity index (χ4n) is 2.60. The van der Waals surface area contributed by atoms with E-state index in [9.17, 15) is 4.79 Å². The molecule has 6 nitrogen and oxygen atoms in total. The number of nitrogens with one attached hydrogen (secondary N) is 3. The normalized spacial score (nSPS) is 22.2. The molecular formula is C15H26N4O2. The summed E-state index contributed by atoms with van der Waals surface area (Å²) in [6, 6.07) is 0.667. The molecule has 1 aromatic heterocycles. The van der Waals surface area contributed by atoms with Gasteiger partial charge < -0.3 is 20.4 Å². The van der Waals surface area contributed by atoms with Gasteiger partial charge in [0.1, 0.15) is 11.4 Å². The first kappa shape index (κ1) is 15.8. The summed E-state index contributed by atoms with van der Waals surface area (Å²) >= 11 is 0. The molecule has 1 heterocycles. The molecule has 1 fully saturated rings. The van der Waals surface area contributed by atoms with Crippen LogP contribution in [0.4, 0.5) is 4.79 Å². The second-order valence-corrected chi connectivity index (χ2v) is 6.59. The number of hydrogen-bond acceptors (Lipinski definition) is 4. The number of hydrogen-bond donors (Lipinski definition) is 3. The molecule has 21 heavy (non-hydrogen) atoms. The van der Waals surface area contributed by atoms with Crippen LogP contribution >= 0.6 is 0 Å². The molecule has 0 saturated heterocycles. The summed E-state index contributed by atoms with van der Waals surface area (Å²) in [6.45, 7) is 6.53. The van der Waals surface area contributed by atoms with Crippen molar-refractivity contribution in [2.24, 2.45) is 0 Å². The number of nitrogens with zero attached hydrogens (tertiary/aromatic N) is 1. The third-order valence-electron chi connectivity index (χ3n) is 3.50. The Hall–Kier alpha value is -1.56. The molecule has 2 atom stereocenters. The summed E-state index contributed by atoms with van der Waals surface area (Å²) in [6.07, 6.45) is 7.22. The summed E-state index contributed by atoms with van der Waals surface area (Å²) < 4.78 is 5.28. The number of H-pyrrole nitrogens is 1. The topological polar surface area (TPSA) is 79.0 Å². The lowest BCUT2D eigenvalue weighted by atomic mass is 10.2. The van der Waals surface area contributed by atoms with Gasteiger partial charge in [0.05, 0.1) is 0 Å². The molecule has 1 amide bonds. The summed E-state index contributed by atoms with van der Waals surface area (Å²) in [5, 5.41) is 6.47. The Kier molecular flexibility index (Phi) is 5.22. The Labute approximate surface area is 126 Å². The number of aromatic amines is 1. The predicted molar refractivity (Wildman–Crippen MR) is 81.1 cm³/mol. The number of aromatic nitrogens is 2. The van der Waals surface area contributed by atoms with Gasteiger partial charge >= 0.3 is 6.09 Å². The number of carbonyl (C=O) groups is 1. The molecule has 0 aliphatic heterocycles. The Morgan fingerprint density at radius 3 is 2.86 bits per heavy atom. The van der Waals surface area contributed by atoms with Crippen molar-refractivity contribution in [3.63, 3.8) is 0 Å². The van der Waals surface area contributed by atoms with Gasteiger partial charge in [0.25, 0.3) is 0 Å². The molecular weight excluding hydrogens is 268 g/mol. The number of rotatable bonds is 5. The first-order valence-corrected chi connectivity index (χ1v) is 7.63. The van der Waals surface area contributed by atoms with Gasteiger partial charge in [-0.1, -0.05) is 0 Å². The molecule has 0 aromatic carbocycles. The predicted octanol–water partition coefficient (Wildman–Crippen LogP) is 1.99. The van der Waals surface area contributed by atoms with Crippen molar-refractivity contribution in [2.75, 3.05) is 6.54 Å². The van der Waals surface area contributed by atoms with Gasteiger partial charge in [-0.25, -0.2) is 9.78 Å². The lowest BCUT2D eigenvalue weighted by Crippen LogP contribution is -2.39. The fourth-order valence-corrected chi connectivity index (χ4v) is 2.60. The third-order valence-corrected chi connectivity index (χ3v) is 3.50. The smallest absolute Gasteiger partial charge is 0.407 e. The van der Waals surface area contributed by atoms with Crippen molar-refractivity contribution in [1.82, 2.24) is 20.6 Å². The van der Waals surface area contributed by atoms with Crippen LogP contribution in [0.2, 0.25) is 0 Å². The van der Waals surface area contributed by atoms with Crippen LogP contribution in [0.25, 0.3) is 0 Å². The molecule has 3 N–H and O–H groups in total. The maximum atomic E-state index is 11.7.